The summed E-state index contributed by atoms with van der Waals surface area (Å²) in [5.74, 6) is 0.0651. The Labute approximate surface area is 150 Å². The average Bonchev–Trinajstić information content (AvgIpc) is 3.08. The number of nitrogens with one attached hydrogen (secondary N) is 1. The van der Waals surface area contributed by atoms with Crippen molar-refractivity contribution >= 4 is 23.6 Å². The zero-order chi connectivity index (χ0) is 17.8. The molecule has 0 radical (unpaired) electrons. The summed E-state index contributed by atoms with van der Waals surface area (Å²) in [6.07, 6.45) is 1.61. The van der Waals surface area contributed by atoms with Gasteiger partial charge >= 0.3 is 0 Å². The van der Waals surface area contributed by atoms with E-state index < -0.39 is 0 Å². The van der Waals surface area contributed by atoms with E-state index in [0.717, 1.165) is 16.7 Å². The number of hydrogen-bond acceptors (Lipinski definition) is 4. The first-order chi connectivity index (χ1) is 12.0. The van der Waals surface area contributed by atoms with Crippen molar-refractivity contribution in [1.82, 2.24) is 10.2 Å². The molecule has 5 nitrogen and oxygen atoms in total. The first kappa shape index (κ1) is 16.9. The van der Waals surface area contributed by atoms with Crippen LogP contribution in [0.1, 0.15) is 21.6 Å². The summed E-state index contributed by atoms with van der Waals surface area (Å²) in [7, 11) is 0. The molecule has 0 aliphatic carbocycles. The van der Waals surface area contributed by atoms with Crippen LogP contribution in [0.5, 0.6) is 5.75 Å². The van der Waals surface area contributed by atoms with Crippen molar-refractivity contribution in [2.75, 3.05) is 6.54 Å². The third-order valence-electron chi connectivity index (χ3n) is 3.72. The standard InChI is InChI=1S/C19H16ClN3O2/c1-12-8-13(6-7-18(12)24)10-21-11-19(25)17-9-16(22-23-17)14-4-2-3-5-15(14)20/h2-10,24H,11H2,1H3,(H,22,23). The maximum Gasteiger partial charge on any atom is 0.201 e. The molecule has 3 rings (SSSR count). The molecule has 0 unspecified atom stereocenters. The van der Waals surface area contributed by atoms with E-state index in [1.165, 1.54) is 0 Å². The van der Waals surface area contributed by atoms with Gasteiger partial charge < -0.3 is 5.11 Å². The highest BCUT2D eigenvalue weighted by Gasteiger charge is 2.12. The summed E-state index contributed by atoms with van der Waals surface area (Å²) < 4.78 is 0. The highest BCUT2D eigenvalue weighted by Crippen LogP contribution is 2.26. The van der Waals surface area contributed by atoms with Gasteiger partial charge in [0.2, 0.25) is 5.78 Å². The minimum Gasteiger partial charge on any atom is -0.508 e. The zero-order valence-corrected chi connectivity index (χ0v) is 14.3. The Bertz CT molecular complexity index is 947. The van der Waals surface area contributed by atoms with Crippen LogP contribution in [0, 0.1) is 6.92 Å². The van der Waals surface area contributed by atoms with Crippen molar-refractivity contribution in [3.8, 4) is 17.0 Å². The van der Waals surface area contributed by atoms with E-state index in [9.17, 15) is 9.90 Å². The van der Waals surface area contributed by atoms with Gasteiger partial charge in [-0.3, -0.25) is 14.9 Å². The van der Waals surface area contributed by atoms with Crippen LogP contribution in [0.2, 0.25) is 5.02 Å². The number of hydrogen-bond donors (Lipinski definition) is 2. The number of phenols is 1. The second kappa shape index (κ2) is 7.32. The van der Waals surface area contributed by atoms with Crippen molar-refractivity contribution in [2.24, 2.45) is 4.99 Å². The minimum absolute atomic E-state index is 0.00405. The lowest BCUT2D eigenvalue weighted by Gasteiger charge is -1.99. The molecule has 0 aliphatic rings. The number of nitrogens with zero attached hydrogens (tertiary/aromatic N) is 2. The van der Waals surface area contributed by atoms with E-state index in [1.54, 1.807) is 43.5 Å². The highest BCUT2D eigenvalue weighted by atomic mass is 35.5. The van der Waals surface area contributed by atoms with Crippen LogP contribution in [-0.4, -0.2) is 33.8 Å². The first-order valence-electron chi connectivity index (χ1n) is 7.67. The van der Waals surface area contributed by atoms with Gasteiger partial charge in [-0.25, -0.2) is 0 Å². The van der Waals surface area contributed by atoms with Gasteiger partial charge in [0.15, 0.2) is 0 Å². The van der Waals surface area contributed by atoms with E-state index in [2.05, 4.69) is 15.2 Å². The van der Waals surface area contributed by atoms with Gasteiger partial charge in [-0.2, -0.15) is 5.10 Å². The van der Waals surface area contributed by atoms with Crippen LogP contribution >= 0.6 is 11.6 Å². The molecule has 2 N–H and O–H groups in total. The largest absolute Gasteiger partial charge is 0.508 e. The lowest BCUT2D eigenvalue weighted by molar-refractivity contribution is 0.0997. The Morgan fingerprint density at radius 3 is 2.84 bits per heavy atom. The van der Waals surface area contributed by atoms with Crippen molar-refractivity contribution in [2.45, 2.75) is 6.92 Å². The van der Waals surface area contributed by atoms with Gasteiger partial charge in [0.1, 0.15) is 18.0 Å². The number of H-pyrrole nitrogens is 1. The molecule has 0 atom stereocenters. The number of aromatic amines is 1. The smallest absolute Gasteiger partial charge is 0.201 e. The molecular weight excluding hydrogens is 338 g/mol. The second-order valence-corrected chi connectivity index (χ2v) is 5.99. The molecule has 126 valence electrons. The summed E-state index contributed by atoms with van der Waals surface area (Å²) in [6, 6.07) is 14.1. The summed E-state index contributed by atoms with van der Waals surface area (Å²) in [5.41, 5.74) is 3.35. The number of phenolic OH excluding ortho intramolecular Hbond substituents is 1. The molecule has 0 fully saturated rings. The predicted molar refractivity (Wildman–Crippen MR) is 98.7 cm³/mol. The van der Waals surface area contributed by atoms with Crippen LogP contribution in [0.25, 0.3) is 11.3 Å². The number of carbonyl (C=O) groups is 1. The lowest BCUT2D eigenvalue weighted by atomic mass is 10.1. The van der Waals surface area contributed by atoms with Crippen LogP contribution < -0.4 is 0 Å². The summed E-state index contributed by atoms with van der Waals surface area (Å²) in [5, 5.41) is 17.0. The van der Waals surface area contributed by atoms with Gasteiger partial charge in [0.25, 0.3) is 0 Å². The molecule has 0 bridgehead atoms. The Balaban J connectivity index is 1.69. The number of halogens is 1. The van der Waals surface area contributed by atoms with Crippen LogP contribution in [0.3, 0.4) is 0 Å². The van der Waals surface area contributed by atoms with Gasteiger partial charge in [0, 0.05) is 11.8 Å². The first-order valence-corrected chi connectivity index (χ1v) is 8.05. The number of benzene rings is 2. The third kappa shape index (κ3) is 3.95. The fraction of sp³-hybridized carbons (Fsp3) is 0.105. The highest BCUT2D eigenvalue weighted by molar-refractivity contribution is 6.33. The Hall–Kier alpha value is -2.92. The third-order valence-corrected chi connectivity index (χ3v) is 4.05. The maximum atomic E-state index is 12.2. The topological polar surface area (TPSA) is 78.3 Å². The fourth-order valence-corrected chi connectivity index (χ4v) is 2.58. The number of aromatic nitrogens is 2. The SMILES string of the molecule is Cc1cc(C=NCC(=O)c2cc(-c3ccccc3Cl)n[nH]2)ccc1O. The maximum absolute atomic E-state index is 12.2. The molecule has 0 amide bonds. The van der Waals surface area contributed by atoms with Crippen molar-refractivity contribution in [3.05, 3.63) is 70.4 Å². The van der Waals surface area contributed by atoms with Crippen molar-refractivity contribution in [1.29, 1.82) is 0 Å². The van der Waals surface area contributed by atoms with Gasteiger partial charge in [-0.1, -0.05) is 29.8 Å². The Morgan fingerprint density at radius 2 is 2.08 bits per heavy atom. The molecule has 0 saturated carbocycles. The monoisotopic (exact) mass is 353 g/mol. The molecule has 6 heteroatoms. The van der Waals surface area contributed by atoms with Crippen molar-refractivity contribution in [3.63, 3.8) is 0 Å². The van der Waals surface area contributed by atoms with Crippen LogP contribution in [0.4, 0.5) is 0 Å². The molecule has 0 saturated heterocycles. The Morgan fingerprint density at radius 1 is 1.28 bits per heavy atom. The average molecular weight is 354 g/mol. The molecule has 3 aromatic rings. The van der Waals surface area contributed by atoms with Gasteiger partial charge in [0.05, 0.1) is 10.7 Å². The van der Waals surface area contributed by atoms with Crippen LogP contribution in [0.15, 0.2) is 53.5 Å². The number of Topliss-reactive ketones (excluding diaryl/α,β-unsaturated/α-hetero) is 1. The quantitative estimate of drug-likeness (QED) is 0.536. The van der Waals surface area contributed by atoms with Gasteiger partial charge in [-0.15, -0.1) is 0 Å². The molecular formula is C19H16ClN3O2. The van der Waals surface area contributed by atoms with Crippen molar-refractivity contribution < 1.29 is 9.90 Å². The molecule has 0 aliphatic heterocycles. The van der Waals surface area contributed by atoms with E-state index >= 15 is 0 Å². The van der Waals surface area contributed by atoms with E-state index in [1.807, 2.05) is 18.2 Å². The fourth-order valence-electron chi connectivity index (χ4n) is 2.35. The summed E-state index contributed by atoms with van der Waals surface area (Å²) in [6.45, 7) is 1.81. The number of aryl methyl sites for hydroxylation is 1. The molecule has 2 aromatic carbocycles. The second-order valence-electron chi connectivity index (χ2n) is 5.59. The molecule has 1 heterocycles. The Kier molecular flexibility index (Phi) is 4.95. The molecule has 0 spiro atoms. The number of carbonyl (C=O) groups excluding carboxylic acids is 1. The predicted octanol–water partition coefficient (Wildman–Crippen LogP) is 4.05. The molecule has 1 aromatic heterocycles. The van der Waals surface area contributed by atoms with E-state index in [4.69, 9.17) is 11.6 Å². The number of ketones is 1. The van der Waals surface area contributed by atoms with E-state index in [-0.39, 0.29) is 18.1 Å². The zero-order valence-electron chi connectivity index (χ0n) is 13.5. The minimum atomic E-state index is -0.169. The summed E-state index contributed by atoms with van der Waals surface area (Å²) >= 11 is 6.14. The van der Waals surface area contributed by atoms with Gasteiger partial charge in [-0.05, 0) is 48.4 Å². The summed E-state index contributed by atoms with van der Waals surface area (Å²) in [4.78, 5) is 16.4. The lowest BCUT2D eigenvalue weighted by Crippen LogP contribution is -2.04. The normalized spacial score (nSPS) is 11.1. The number of aromatic hydroxyl groups is 1. The van der Waals surface area contributed by atoms with E-state index in [0.29, 0.717) is 16.4 Å². The number of aliphatic imine (C=N–C) groups is 1. The number of rotatable bonds is 5. The molecule has 25 heavy (non-hydrogen) atoms. The van der Waals surface area contributed by atoms with Crippen LogP contribution in [-0.2, 0) is 0 Å².